The summed E-state index contributed by atoms with van der Waals surface area (Å²) >= 11 is 0. The summed E-state index contributed by atoms with van der Waals surface area (Å²) in [5.41, 5.74) is 0.769. The molecule has 0 amide bonds. The zero-order valence-corrected chi connectivity index (χ0v) is 12.6. The van der Waals surface area contributed by atoms with Crippen LogP contribution in [0, 0.1) is 11.3 Å². The van der Waals surface area contributed by atoms with Crippen LogP contribution in [-0.2, 0) is 9.53 Å². The molecule has 0 spiro atoms. The molecular formula is C17H21NO3. The van der Waals surface area contributed by atoms with Crippen LogP contribution >= 0.6 is 0 Å². The maximum atomic E-state index is 11.8. The standard InChI is InChI=1S/C17H21NO3/c1-3-4-5-6-11-21-17(19)15(13-18)12-14-7-9-16(20-2)10-8-14/h7-10,12H,3-6,11H2,1-2H3/b15-12+. The topological polar surface area (TPSA) is 59.3 Å². The van der Waals surface area contributed by atoms with Crippen LogP contribution < -0.4 is 4.74 Å². The number of carbonyl (C=O) groups excluding carboxylic acids is 1. The lowest BCUT2D eigenvalue weighted by molar-refractivity contribution is -0.138. The summed E-state index contributed by atoms with van der Waals surface area (Å²) in [6.07, 6.45) is 5.65. The average Bonchev–Trinajstić information content (AvgIpc) is 2.52. The number of esters is 1. The van der Waals surface area contributed by atoms with E-state index < -0.39 is 5.97 Å². The van der Waals surface area contributed by atoms with Gasteiger partial charge in [-0.05, 0) is 30.2 Å². The highest BCUT2D eigenvalue weighted by Crippen LogP contribution is 2.14. The van der Waals surface area contributed by atoms with Gasteiger partial charge in [0.15, 0.2) is 0 Å². The van der Waals surface area contributed by atoms with Gasteiger partial charge in [0.1, 0.15) is 17.4 Å². The Kier molecular flexibility index (Phi) is 7.67. The van der Waals surface area contributed by atoms with Crippen LogP contribution in [0.3, 0.4) is 0 Å². The van der Waals surface area contributed by atoms with E-state index in [4.69, 9.17) is 14.7 Å². The molecule has 0 aliphatic heterocycles. The SMILES string of the molecule is CCCCCCOC(=O)/C(C#N)=C/c1ccc(OC)cc1. The predicted octanol–water partition coefficient (Wildman–Crippen LogP) is 3.73. The average molecular weight is 287 g/mol. The molecule has 0 saturated heterocycles. The monoisotopic (exact) mass is 287 g/mol. The van der Waals surface area contributed by atoms with Crippen LogP contribution in [0.4, 0.5) is 0 Å². The third kappa shape index (κ3) is 6.13. The number of benzene rings is 1. The number of methoxy groups -OCH3 is 1. The molecule has 1 aromatic rings. The zero-order chi connectivity index (χ0) is 15.5. The van der Waals surface area contributed by atoms with Crippen molar-refractivity contribution in [3.63, 3.8) is 0 Å². The van der Waals surface area contributed by atoms with Gasteiger partial charge in [-0.1, -0.05) is 38.3 Å². The molecule has 21 heavy (non-hydrogen) atoms. The molecule has 0 aromatic heterocycles. The van der Waals surface area contributed by atoms with Crippen molar-refractivity contribution in [3.05, 3.63) is 35.4 Å². The molecule has 0 N–H and O–H groups in total. The lowest BCUT2D eigenvalue weighted by Crippen LogP contribution is -2.08. The van der Waals surface area contributed by atoms with Crippen molar-refractivity contribution in [2.75, 3.05) is 13.7 Å². The number of nitrogens with zero attached hydrogens (tertiary/aromatic N) is 1. The molecular weight excluding hydrogens is 266 g/mol. The van der Waals surface area contributed by atoms with Crippen molar-refractivity contribution >= 4 is 12.0 Å². The molecule has 0 unspecified atom stereocenters. The van der Waals surface area contributed by atoms with Gasteiger partial charge in [-0.3, -0.25) is 0 Å². The van der Waals surface area contributed by atoms with Gasteiger partial charge in [0.05, 0.1) is 13.7 Å². The van der Waals surface area contributed by atoms with Gasteiger partial charge in [0, 0.05) is 0 Å². The van der Waals surface area contributed by atoms with Crippen molar-refractivity contribution in [2.45, 2.75) is 32.6 Å². The van der Waals surface area contributed by atoms with Crippen LogP contribution in [0.5, 0.6) is 5.75 Å². The molecule has 4 heteroatoms. The van der Waals surface area contributed by atoms with Gasteiger partial charge in [0.25, 0.3) is 0 Å². The number of rotatable bonds is 8. The van der Waals surface area contributed by atoms with E-state index >= 15 is 0 Å². The first-order chi connectivity index (χ1) is 10.2. The first-order valence-electron chi connectivity index (χ1n) is 7.14. The van der Waals surface area contributed by atoms with Gasteiger partial charge in [0.2, 0.25) is 0 Å². The van der Waals surface area contributed by atoms with Gasteiger partial charge in [-0.25, -0.2) is 4.79 Å². The zero-order valence-electron chi connectivity index (χ0n) is 12.6. The highest BCUT2D eigenvalue weighted by Gasteiger charge is 2.10. The van der Waals surface area contributed by atoms with Crippen LogP contribution in [0.25, 0.3) is 6.08 Å². The summed E-state index contributed by atoms with van der Waals surface area (Å²) in [6.45, 7) is 2.48. The van der Waals surface area contributed by atoms with Crippen molar-refractivity contribution in [3.8, 4) is 11.8 Å². The molecule has 112 valence electrons. The molecule has 4 nitrogen and oxygen atoms in total. The maximum Gasteiger partial charge on any atom is 0.348 e. The molecule has 0 saturated carbocycles. The number of hydrogen-bond donors (Lipinski definition) is 0. The minimum Gasteiger partial charge on any atom is -0.497 e. The number of ether oxygens (including phenoxy) is 2. The first-order valence-corrected chi connectivity index (χ1v) is 7.14. The quantitative estimate of drug-likeness (QED) is 0.316. The number of unbranched alkanes of at least 4 members (excludes halogenated alkanes) is 3. The maximum absolute atomic E-state index is 11.8. The van der Waals surface area contributed by atoms with E-state index in [1.54, 1.807) is 31.4 Å². The van der Waals surface area contributed by atoms with Crippen LogP contribution in [-0.4, -0.2) is 19.7 Å². The summed E-state index contributed by atoms with van der Waals surface area (Å²) in [4.78, 5) is 11.8. The van der Waals surface area contributed by atoms with E-state index in [0.29, 0.717) is 6.61 Å². The molecule has 1 rings (SSSR count). The lowest BCUT2D eigenvalue weighted by Gasteiger charge is -2.04. The Morgan fingerprint density at radius 1 is 1.24 bits per heavy atom. The smallest absolute Gasteiger partial charge is 0.348 e. The Morgan fingerprint density at radius 3 is 2.52 bits per heavy atom. The normalized spacial score (nSPS) is 10.8. The van der Waals surface area contributed by atoms with Crippen LogP contribution in [0.15, 0.2) is 29.8 Å². The van der Waals surface area contributed by atoms with E-state index in [1.807, 2.05) is 6.07 Å². The minimum absolute atomic E-state index is 0.00987. The number of nitriles is 1. The highest BCUT2D eigenvalue weighted by molar-refractivity contribution is 5.97. The van der Waals surface area contributed by atoms with E-state index in [-0.39, 0.29) is 5.57 Å². The van der Waals surface area contributed by atoms with Crippen molar-refractivity contribution in [2.24, 2.45) is 0 Å². The molecule has 0 aliphatic carbocycles. The van der Waals surface area contributed by atoms with E-state index in [9.17, 15) is 4.79 Å². The molecule has 0 fully saturated rings. The van der Waals surface area contributed by atoms with E-state index in [2.05, 4.69) is 6.92 Å². The van der Waals surface area contributed by atoms with Gasteiger partial charge in [-0.2, -0.15) is 5.26 Å². The lowest BCUT2D eigenvalue weighted by atomic mass is 10.1. The summed E-state index contributed by atoms with van der Waals surface area (Å²) in [6, 6.07) is 9.00. The number of carbonyl (C=O) groups is 1. The second kappa shape index (κ2) is 9.60. The second-order valence-corrected chi connectivity index (χ2v) is 4.64. The summed E-state index contributed by atoms with van der Waals surface area (Å²) < 4.78 is 10.2. The van der Waals surface area contributed by atoms with Crippen molar-refractivity contribution < 1.29 is 14.3 Å². The molecule has 0 aliphatic rings. The van der Waals surface area contributed by atoms with Crippen molar-refractivity contribution in [1.29, 1.82) is 5.26 Å². The second-order valence-electron chi connectivity index (χ2n) is 4.64. The minimum atomic E-state index is -0.565. The molecule has 1 aromatic carbocycles. The molecule has 0 bridgehead atoms. The van der Waals surface area contributed by atoms with E-state index in [0.717, 1.165) is 37.0 Å². The summed E-state index contributed by atoms with van der Waals surface area (Å²) in [5.74, 6) is 0.161. The fourth-order valence-corrected chi connectivity index (χ4v) is 1.78. The molecule has 0 radical (unpaired) electrons. The van der Waals surface area contributed by atoms with E-state index in [1.165, 1.54) is 6.08 Å². The van der Waals surface area contributed by atoms with Gasteiger partial charge >= 0.3 is 5.97 Å². The third-order valence-electron chi connectivity index (χ3n) is 3.00. The summed E-state index contributed by atoms with van der Waals surface area (Å²) in [5, 5.41) is 9.06. The van der Waals surface area contributed by atoms with Gasteiger partial charge < -0.3 is 9.47 Å². The fourth-order valence-electron chi connectivity index (χ4n) is 1.78. The van der Waals surface area contributed by atoms with Gasteiger partial charge in [-0.15, -0.1) is 0 Å². The Bertz CT molecular complexity index is 512. The predicted molar refractivity (Wildman–Crippen MR) is 81.7 cm³/mol. The summed E-state index contributed by atoms with van der Waals surface area (Å²) in [7, 11) is 1.58. The molecule has 0 atom stereocenters. The van der Waals surface area contributed by atoms with Crippen LogP contribution in [0.2, 0.25) is 0 Å². The van der Waals surface area contributed by atoms with Crippen LogP contribution in [0.1, 0.15) is 38.2 Å². The van der Waals surface area contributed by atoms with Crippen molar-refractivity contribution in [1.82, 2.24) is 0 Å². The first kappa shape index (κ1) is 16.8. The molecule has 0 heterocycles. The fraction of sp³-hybridized carbons (Fsp3) is 0.412. The Labute approximate surface area is 126 Å². The number of hydrogen-bond acceptors (Lipinski definition) is 4. The third-order valence-corrected chi connectivity index (χ3v) is 3.00. The Hall–Kier alpha value is -2.28. The Morgan fingerprint density at radius 2 is 1.95 bits per heavy atom. The largest absolute Gasteiger partial charge is 0.497 e. The Balaban J connectivity index is 2.57. The highest BCUT2D eigenvalue weighted by atomic mass is 16.5.